The first-order chi connectivity index (χ1) is 10.9. The number of fused-ring (bicyclic) bond motifs is 1. The van der Waals surface area contributed by atoms with Crippen LogP contribution in [0.2, 0.25) is 0 Å². The van der Waals surface area contributed by atoms with Crippen molar-refractivity contribution in [2.75, 3.05) is 6.61 Å². The van der Waals surface area contributed by atoms with Crippen molar-refractivity contribution in [1.82, 2.24) is 9.97 Å². The fourth-order valence-electron chi connectivity index (χ4n) is 2.61. The first-order valence-corrected chi connectivity index (χ1v) is 8.30. The van der Waals surface area contributed by atoms with Crippen LogP contribution in [0.15, 0.2) is 41.9 Å². The van der Waals surface area contributed by atoms with E-state index in [-0.39, 0.29) is 6.10 Å². The maximum absolute atomic E-state index is 5.85. The van der Waals surface area contributed by atoms with Gasteiger partial charge in [0.05, 0.1) is 11.2 Å². The third-order valence-electron chi connectivity index (χ3n) is 3.74. The Hall–Kier alpha value is -1.98. The molecule has 0 saturated carbocycles. The molecule has 1 aliphatic rings. The van der Waals surface area contributed by atoms with E-state index in [1.54, 1.807) is 17.5 Å². The van der Waals surface area contributed by atoms with Gasteiger partial charge in [0.2, 0.25) is 0 Å². The highest BCUT2D eigenvalue weighted by molar-refractivity contribution is 7.09. The van der Waals surface area contributed by atoms with Gasteiger partial charge in [0.1, 0.15) is 23.5 Å². The lowest BCUT2D eigenvalue weighted by Crippen LogP contribution is -1.98. The summed E-state index contributed by atoms with van der Waals surface area (Å²) in [5.74, 6) is 0.840. The summed E-state index contributed by atoms with van der Waals surface area (Å²) in [6.45, 7) is 1.33. The zero-order chi connectivity index (χ0) is 14.8. The van der Waals surface area contributed by atoms with Gasteiger partial charge in [-0.1, -0.05) is 6.07 Å². The van der Waals surface area contributed by atoms with Crippen LogP contribution in [-0.4, -0.2) is 16.6 Å². The molecule has 1 saturated heterocycles. The lowest BCUT2D eigenvalue weighted by atomic mass is 10.2. The molecular weight excluding hydrogens is 296 g/mol. The largest absolute Gasteiger partial charge is 0.487 e. The maximum Gasteiger partial charge on any atom is 0.131 e. The predicted octanol–water partition coefficient (Wildman–Crippen LogP) is 4.12. The smallest absolute Gasteiger partial charge is 0.131 e. The standard InChI is InChI=1S/C17H16N2O2S/c1-3-12-9-14(5-6-15(12)18-7-1)21-10-13-11-22-17(19-13)16-4-2-8-20-16/h1,3,5-7,9,11,16H,2,4,8,10H2. The van der Waals surface area contributed by atoms with E-state index >= 15 is 0 Å². The van der Waals surface area contributed by atoms with Crippen LogP contribution in [0.4, 0.5) is 0 Å². The van der Waals surface area contributed by atoms with E-state index in [1.807, 2.05) is 30.3 Å². The van der Waals surface area contributed by atoms with Crippen LogP contribution in [0.25, 0.3) is 10.9 Å². The maximum atomic E-state index is 5.85. The van der Waals surface area contributed by atoms with Crippen LogP contribution in [0.5, 0.6) is 5.75 Å². The van der Waals surface area contributed by atoms with E-state index in [4.69, 9.17) is 9.47 Å². The van der Waals surface area contributed by atoms with Crippen molar-refractivity contribution in [2.45, 2.75) is 25.6 Å². The Morgan fingerprint density at radius 1 is 1.32 bits per heavy atom. The van der Waals surface area contributed by atoms with Crippen LogP contribution in [0, 0.1) is 0 Å². The highest BCUT2D eigenvalue weighted by atomic mass is 32.1. The molecule has 1 aliphatic heterocycles. The van der Waals surface area contributed by atoms with Crippen molar-refractivity contribution in [3.05, 3.63) is 52.6 Å². The Labute approximate surface area is 132 Å². The number of pyridine rings is 1. The van der Waals surface area contributed by atoms with Crippen molar-refractivity contribution in [3.63, 3.8) is 0 Å². The molecule has 3 aromatic rings. The molecule has 1 atom stereocenters. The number of thiazole rings is 1. The van der Waals surface area contributed by atoms with Gasteiger partial charge in [-0.05, 0) is 37.1 Å². The summed E-state index contributed by atoms with van der Waals surface area (Å²) in [5.41, 5.74) is 1.94. The van der Waals surface area contributed by atoms with Crippen LogP contribution in [0.3, 0.4) is 0 Å². The van der Waals surface area contributed by atoms with Crippen molar-refractivity contribution >= 4 is 22.2 Å². The minimum atomic E-state index is 0.186. The topological polar surface area (TPSA) is 44.2 Å². The van der Waals surface area contributed by atoms with E-state index in [9.17, 15) is 0 Å². The summed E-state index contributed by atoms with van der Waals surface area (Å²) >= 11 is 1.66. The van der Waals surface area contributed by atoms with E-state index in [0.29, 0.717) is 6.61 Å². The summed E-state index contributed by atoms with van der Waals surface area (Å²) in [4.78, 5) is 8.93. The van der Waals surface area contributed by atoms with Gasteiger partial charge >= 0.3 is 0 Å². The van der Waals surface area contributed by atoms with Gasteiger partial charge in [-0.3, -0.25) is 4.98 Å². The molecule has 0 amide bonds. The third-order valence-corrected chi connectivity index (χ3v) is 4.72. The molecule has 112 valence electrons. The first-order valence-electron chi connectivity index (χ1n) is 7.42. The van der Waals surface area contributed by atoms with Crippen molar-refractivity contribution < 1.29 is 9.47 Å². The number of aromatic nitrogens is 2. The zero-order valence-electron chi connectivity index (χ0n) is 12.1. The second kappa shape index (κ2) is 6.02. The van der Waals surface area contributed by atoms with E-state index in [2.05, 4.69) is 15.3 Å². The molecular formula is C17H16N2O2S. The van der Waals surface area contributed by atoms with E-state index in [1.165, 1.54) is 0 Å². The van der Waals surface area contributed by atoms with E-state index < -0.39 is 0 Å². The normalized spacial score (nSPS) is 17.9. The highest BCUT2D eigenvalue weighted by Crippen LogP contribution is 2.30. The molecule has 4 nitrogen and oxygen atoms in total. The molecule has 2 aromatic heterocycles. The molecule has 5 heteroatoms. The summed E-state index contributed by atoms with van der Waals surface area (Å²) < 4.78 is 11.5. The van der Waals surface area contributed by atoms with Gasteiger partial charge in [0, 0.05) is 23.6 Å². The number of hydrogen-bond acceptors (Lipinski definition) is 5. The molecule has 0 radical (unpaired) electrons. The second-order valence-corrected chi connectivity index (χ2v) is 6.22. The third kappa shape index (κ3) is 2.82. The summed E-state index contributed by atoms with van der Waals surface area (Å²) in [6.07, 6.45) is 4.18. The van der Waals surface area contributed by atoms with Crippen molar-refractivity contribution in [3.8, 4) is 5.75 Å². The number of hydrogen-bond donors (Lipinski definition) is 0. The lowest BCUT2D eigenvalue weighted by molar-refractivity contribution is 0.111. The van der Waals surface area contributed by atoms with Gasteiger partial charge in [-0.2, -0.15) is 0 Å². The Morgan fingerprint density at radius 3 is 3.23 bits per heavy atom. The molecule has 1 aromatic carbocycles. The predicted molar refractivity (Wildman–Crippen MR) is 86.1 cm³/mol. The van der Waals surface area contributed by atoms with Crippen molar-refractivity contribution in [1.29, 1.82) is 0 Å². The Bertz CT molecular complexity index is 781. The molecule has 0 spiro atoms. The summed E-state index contributed by atoms with van der Waals surface area (Å²) in [7, 11) is 0. The van der Waals surface area contributed by atoms with Crippen LogP contribution in [0.1, 0.15) is 29.6 Å². The van der Waals surface area contributed by atoms with Gasteiger partial charge in [-0.15, -0.1) is 11.3 Å². The first kappa shape index (κ1) is 13.7. The van der Waals surface area contributed by atoms with Gasteiger partial charge in [0.15, 0.2) is 0 Å². The number of ether oxygens (including phenoxy) is 2. The summed E-state index contributed by atoms with van der Waals surface area (Å²) in [6, 6.07) is 9.90. The number of nitrogens with zero attached hydrogens (tertiary/aromatic N) is 2. The Morgan fingerprint density at radius 2 is 2.32 bits per heavy atom. The molecule has 4 rings (SSSR count). The highest BCUT2D eigenvalue weighted by Gasteiger charge is 2.20. The lowest BCUT2D eigenvalue weighted by Gasteiger charge is -2.06. The number of rotatable bonds is 4. The van der Waals surface area contributed by atoms with E-state index in [0.717, 1.165) is 46.8 Å². The Kier molecular flexibility index (Phi) is 3.74. The molecule has 0 aliphatic carbocycles. The van der Waals surface area contributed by atoms with Crippen LogP contribution >= 0.6 is 11.3 Å². The molecule has 0 N–H and O–H groups in total. The second-order valence-electron chi connectivity index (χ2n) is 5.33. The molecule has 22 heavy (non-hydrogen) atoms. The SMILES string of the molecule is c1cnc2ccc(OCc3csc(C4CCCO4)n3)cc2c1. The molecule has 1 unspecified atom stereocenters. The average molecular weight is 312 g/mol. The fourth-order valence-corrected chi connectivity index (χ4v) is 3.50. The van der Waals surface area contributed by atoms with Gasteiger partial charge in [0.25, 0.3) is 0 Å². The van der Waals surface area contributed by atoms with Gasteiger partial charge in [-0.25, -0.2) is 4.98 Å². The summed E-state index contributed by atoms with van der Waals surface area (Å²) in [5, 5.41) is 4.21. The minimum absolute atomic E-state index is 0.186. The molecule has 1 fully saturated rings. The zero-order valence-corrected chi connectivity index (χ0v) is 12.9. The number of benzene rings is 1. The van der Waals surface area contributed by atoms with Crippen LogP contribution < -0.4 is 4.74 Å². The van der Waals surface area contributed by atoms with Crippen molar-refractivity contribution in [2.24, 2.45) is 0 Å². The quantitative estimate of drug-likeness (QED) is 0.727. The molecule has 3 heterocycles. The molecule has 0 bridgehead atoms. The van der Waals surface area contributed by atoms with Gasteiger partial charge < -0.3 is 9.47 Å². The average Bonchev–Trinajstić information content (AvgIpc) is 3.24. The Balaban J connectivity index is 1.44. The fraction of sp³-hybridized carbons (Fsp3) is 0.294. The van der Waals surface area contributed by atoms with Crippen LogP contribution in [-0.2, 0) is 11.3 Å². The monoisotopic (exact) mass is 312 g/mol. The minimum Gasteiger partial charge on any atom is -0.487 e.